The number of amidine groups is 1. The zero-order valence-electron chi connectivity index (χ0n) is 12.7. The molecule has 0 radical (unpaired) electrons. The fourth-order valence-corrected chi connectivity index (χ4v) is 2.63. The molecule has 0 spiro atoms. The van der Waals surface area contributed by atoms with E-state index in [2.05, 4.69) is 15.2 Å². The second kappa shape index (κ2) is 6.89. The highest BCUT2D eigenvalue weighted by molar-refractivity contribution is 6.00. The van der Waals surface area contributed by atoms with E-state index in [-0.39, 0.29) is 5.78 Å². The SMILES string of the molecule is [C-]#[N+]c1ccc(CC(=O)Cc2cccc(C3=NCCN3)c2)cc1. The molecule has 1 aliphatic heterocycles. The molecule has 4 heteroatoms. The van der Waals surface area contributed by atoms with Crippen molar-refractivity contribution in [2.45, 2.75) is 12.8 Å². The predicted molar refractivity (Wildman–Crippen MR) is 91.0 cm³/mol. The second-order valence-corrected chi connectivity index (χ2v) is 5.53. The molecule has 0 aliphatic carbocycles. The number of rotatable bonds is 5. The maximum absolute atomic E-state index is 12.3. The minimum absolute atomic E-state index is 0.166. The Hall–Kier alpha value is -2.93. The zero-order valence-corrected chi connectivity index (χ0v) is 12.7. The van der Waals surface area contributed by atoms with Gasteiger partial charge in [0.05, 0.1) is 13.1 Å². The van der Waals surface area contributed by atoms with Crippen molar-refractivity contribution in [2.24, 2.45) is 4.99 Å². The van der Waals surface area contributed by atoms with E-state index in [0.29, 0.717) is 18.5 Å². The van der Waals surface area contributed by atoms with Gasteiger partial charge in [-0.15, -0.1) is 0 Å². The summed E-state index contributed by atoms with van der Waals surface area (Å²) in [5, 5.41) is 3.24. The van der Waals surface area contributed by atoms with Crippen LogP contribution < -0.4 is 5.32 Å². The third-order valence-corrected chi connectivity index (χ3v) is 3.74. The second-order valence-electron chi connectivity index (χ2n) is 5.53. The van der Waals surface area contributed by atoms with Crippen LogP contribution in [-0.2, 0) is 17.6 Å². The smallest absolute Gasteiger partial charge is 0.187 e. The molecule has 4 nitrogen and oxygen atoms in total. The number of ketones is 1. The van der Waals surface area contributed by atoms with E-state index < -0.39 is 0 Å². The molecule has 0 saturated carbocycles. The minimum atomic E-state index is 0.166. The number of nitrogens with one attached hydrogen (secondary N) is 1. The Kier molecular flexibility index (Phi) is 4.49. The molecule has 0 aromatic heterocycles. The highest BCUT2D eigenvalue weighted by Crippen LogP contribution is 2.14. The first kappa shape index (κ1) is 15.0. The molecule has 0 bridgehead atoms. The van der Waals surface area contributed by atoms with Crippen molar-refractivity contribution in [3.8, 4) is 0 Å². The van der Waals surface area contributed by atoms with Crippen LogP contribution in [0.5, 0.6) is 0 Å². The van der Waals surface area contributed by atoms with E-state index in [0.717, 1.165) is 35.6 Å². The number of nitrogens with zero attached hydrogens (tertiary/aromatic N) is 2. The highest BCUT2D eigenvalue weighted by Gasteiger charge is 2.10. The molecule has 3 rings (SSSR count). The highest BCUT2D eigenvalue weighted by atomic mass is 16.1. The maximum Gasteiger partial charge on any atom is 0.187 e. The first-order valence-corrected chi connectivity index (χ1v) is 7.60. The predicted octanol–water partition coefficient (Wildman–Crippen LogP) is 2.94. The average molecular weight is 303 g/mol. The molecule has 0 atom stereocenters. The molecule has 0 saturated heterocycles. The van der Waals surface area contributed by atoms with Gasteiger partial charge in [0.25, 0.3) is 0 Å². The summed E-state index contributed by atoms with van der Waals surface area (Å²) < 4.78 is 0. The quantitative estimate of drug-likeness (QED) is 0.863. The van der Waals surface area contributed by atoms with Crippen LogP contribution in [0.25, 0.3) is 4.85 Å². The van der Waals surface area contributed by atoms with Crippen LogP contribution in [0.2, 0.25) is 0 Å². The monoisotopic (exact) mass is 303 g/mol. The number of hydrogen-bond donors (Lipinski definition) is 1. The molecule has 2 aromatic rings. The van der Waals surface area contributed by atoms with Crippen LogP contribution >= 0.6 is 0 Å². The van der Waals surface area contributed by atoms with Gasteiger partial charge in [0, 0.05) is 24.9 Å². The lowest BCUT2D eigenvalue weighted by molar-refractivity contribution is -0.117. The van der Waals surface area contributed by atoms with Gasteiger partial charge in [0.2, 0.25) is 0 Å². The van der Waals surface area contributed by atoms with Crippen molar-refractivity contribution in [3.05, 3.63) is 76.6 Å². The topological polar surface area (TPSA) is 45.8 Å². The lowest BCUT2D eigenvalue weighted by Crippen LogP contribution is -2.19. The lowest BCUT2D eigenvalue weighted by atomic mass is 10.0. The third-order valence-electron chi connectivity index (χ3n) is 3.74. The van der Waals surface area contributed by atoms with Crippen molar-refractivity contribution in [1.29, 1.82) is 0 Å². The van der Waals surface area contributed by atoms with Crippen molar-refractivity contribution in [2.75, 3.05) is 13.1 Å². The van der Waals surface area contributed by atoms with Crippen LogP contribution in [0.1, 0.15) is 16.7 Å². The molecule has 114 valence electrons. The first-order valence-electron chi connectivity index (χ1n) is 7.60. The molecular formula is C19H17N3O. The zero-order chi connectivity index (χ0) is 16.1. The van der Waals surface area contributed by atoms with Crippen molar-refractivity contribution in [3.63, 3.8) is 0 Å². The summed E-state index contributed by atoms with van der Waals surface area (Å²) in [7, 11) is 0. The number of Topliss-reactive ketones (excluding diaryl/α,β-unsaturated/α-hetero) is 1. The molecule has 1 aliphatic rings. The van der Waals surface area contributed by atoms with Gasteiger partial charge >= 0.3 is 0 Å². The van der Waals surface area contributed by atoms with Crippen LogP contribution in [0, 0.1) is 6.57 Å². The Morgan fingerprint density at radius 3 is 2.61 bits per heavy atom. The van der Waals surface area contributed by atoms with Crippen LogP contribution in [0.15, 0.2) is 53.5 Å². The normalized spacial score (nSPS) is 13.1. The minimum Gasteiger partial charge on any atom is -0.368 e. The molecule has 0 unspecified atom stereocenters. The standard InChI is InChI=1S/C19H17N3O/c1-20-17-7-5-14(6-8-17)12-18(23)13-15-3-2-4-16(11-15)19-21-9-10-22-19/h2-8,11H,9-10,12-13H2,(H,21,22). The number of carbonyl (C=O) groups is 1. The Labute approximate surface area is 135 Å². The van der Waals surface area contributed by atoms with Gasteiger partial charge < -0.3 is 5.32 Å². The van der Waals surface area contributed by atoms with Crippen molar-refractivity contribution in [1.82, 2.24) is 5.32 Å². The maximum atomic E-state index is 12.3. The van der Waals surface area contributed by atoms with Gasteiger partial charge in [-0.25, -0.2) is 4.85 Å². The summed E-state index contributed by atoms with van der Waals surface area (Å²) >= 11 is 0. The van der Waals surface area contributed by atoms with E-state index in [4.69, 9.17) is 6.57 Å². The van der Waals surface area contributed by atoms with E-state index in [1.54, 1.807) is 12.1 Å². The fourth-order valence-electron chi connectivity index (χ4n) is 2.63. The van der Waals surface area contributed by atoms with E-state index in [9.17, 15) is 4.79 Å². The van der Waals surface area contributed by atoms with Crippen LogP contribution in [-0.4, -0.2) is 24.7 Å². The Bertz CT molecular complexity index is 785. The Morgan fingerprint density at radius 1 is 1.13 bits per heavy atom. The van der Waals surface area contributed by atoms with Gasteiger partial charge in [-0.05, 0) is 17.2 Å². The van der Waals surface area contributed by atoms with E-state index in [1.807, 2.05) is 36.4 Å². The van der Waals surface area contributed by atoms with Gasteiger partial charge in [-0.2, -0.15) is 0 Å². The molecule has 1 N–H and O–H groups in total. The van der Waals surface area contributed by atoms with Gasteiger partial charge in [-0.1, -0.05) is 42.5 Å². The first-order chi connectivity index (χ1) is 11.2. The number of benzene rings is 2. The molecule has 23 heavy (non-hydrogen) atoms. The molecule has 0 fully saturated rings. The fraction of sp³-hybridized carbons (Fsp3) is 0.211. The summed E-state index contributed by atoms with van der Waals surface area (Å²) in [6.45, 7) is 8.62. The molecule has 0 amide bonds. The van der Waals surface area contributed by atoms with E-state index in [1.165, 1.54) is 0 Å². The summed E-state index contributed by atoms with van der Waals surface area (Å²) in [4.78, 5) is 20.0. The largest absolute Gasteiger partial charge is 0.368 e. The number of hydrogen-bond acceptors (Lipinski definition) is 3. The van der Waals surface area contributed by atoms with Gasteiger partial charge in [0.1, 0.15) is 11.6 Å². The Morgan fingerprint density at radius 2 is 1.91 bits per heavy atom. The number of aliphatic imine (C=N–C) groups is 1. The summed E-state index contributed by atoms with van der Waals surface area (Å²) in [6.07, 6.45) is 0.799. The van der Waals surface area contributed by atoms with Crippen LogP contribution in [0.4, 0.5) is 5.69 Å². The van der Waals surface area contributed by atoms with Gasteiger partial charge in [0.15, 0.2) is 5.69 Å². The molecule has 2 aromatic carbocycles. The Balaban J connectivity index is 1.65. The van der Waals surface area contributed by atoms with Gasteiger partial charge in [-0.3, -0.25) is 9.79 Å². The van der Waals surface area contributed by atoms with Crippen molar-refractivity contribution >= 4 is 17.3 Å². The third kappa shape index (κ3) is 3.83. The van der Waals surface area contributed by atoms with Crippen molar-refractivity contribution < 1.29 is 4.79 Å². The molecule has 1 heterocycles. The average Bonchev–Trinajstić information content (AvgIpc) is 3.10. The summed E-state index contributed by atoms with van der Waals surface area (Å²) in [5.74, 6) is 1.08. The molecular weight excluding hydrogens is 286 g/mol. The lowest BCUT2D eigenvalue weighted by Gasteiger charge is -2.06. The van der Waals surface area contributed by atoms with Crippen LogP contribution in [0.3, 0.4) is 0 Å². The number of carbonyl (C=O) groups excluding carboxylic acids is 1. The summed E-state index contributed by atoms with van der Waals surface area (Å²) in [5.41, 5.74) is 3.58. The summed E-state index contributed by atoms with van der Waals surface area (Å²) in [6, 6.07) is 15.2. The van der Waals surface area contributed by atoms with E-state index >= 15 is 0 Å².